The fraction of sp³-hybridized carbons (Fsp3) is 0.679. The second kappa shape index (κ2) is 10.1. The van der Waals surface area contributed by atoms with Crippen molar-refractivity contribution in [2.45, 2.75) is 77.2 Å². The normalized spacial score (nSPS) is 31.3. The molecule has 1 aromatic carbocycles. The maximum Gasteiger partial charge on any atom is 0.410 e. The first-order valence-corrected chi connectivity index (χ1v) is 14.3. The van der Waals surface area contributed by atoms with Crippen molar-refractivity contribution in [2.24, 2.45) is 29.1 Å². The molecule has 7 nitrogen and oxygen atoms in total. The average molecular weight is 597 g/mol. The van der Waals surface area contributed by atoms with Crippen molar-refractivity contribution in [2.75, 3.05) is 13.1 Å². The van der Waals surface area contributed by atoms with E-state index >= 15 is 4.39 Å². The van der Waals surface area contributed by atoms with Gasteiger partial charge in [0.05, 0.1) is 24.4 Å². The van der Waals surface area contributed by atoms with Gasteiger partial charge >= 0.3 is 6.09 Å². The molecule has 208 valence electrons. The molecule has 38 heavy (non-hydrogen) atoms. The average Bonchev–Trinajstić information content (AvgIpc) is 3.50. The molecule has 4 aliphatic rings. The lowest BCUT2D eigenvalue weighted by Gasteiger charge is -2.37. The molecular weight excluding hydrogens is 560 g/mol. The van der Waals surface area contributed by atoms with Gasteiger partial charge in [-0.05, 0) is 82.3 Å². The first-order valence-electron chi connectivity index (χ1n) is 13.5. The molecule has 1 unspecified atom stereocenters. The number of carbonyl (C=O) groups excluding carboxylic acids is 3. The molecule has 1 heterocycles. The van der Waals surface area contributed by atoms with Crippen LogP contribution >= 0.6 is 15.9 Å². The van der Waals surface area contributed by atoms with Crippen molar-refractivity contribution >= 4 is 33.8 Å². The van der Waals surface area contributed by atoms with E-state index in [0.717, 1.165) is 25.7 Å². The molecule has 1 aliphatic heterocycles. The Kier molecular flexibility index (Phi) is 7.24. The summed E-state index contributed by atoms with van der Waals surface area (Å²) in [6.07, 6.45) is 2.10. The van der Waals surface area contributed by atoms with Gasteiger partial charge in [0.2, 0.25) is 11.8 Å². The number of hydrogen-bond donors (Lipinski definition) is 2. The van der Waals surface area contributed by atoms with Crippen molar-refractivity contribution in [1.29, 1.82) is 0 Å². The lowest BCUT2D eigenvalue weighted by Crippen LogP contribution is -2.56. The Morgan fingerprint density at radius 1 is 1.11 bits per heavy atom. The van der Waals surface area contributed by atoms with Crippen LogP contribution in [-0.2, 0) is 20.9 Å². The summed E-state index contributed by atoms with van der Waals surface area (Å²) < 4.78 is 35.4. The summed E-state index contributed by atoms with van der Waals surface area (Å²) in [7, 11) is 0. The molecule has 4 fully saturated rings. The number of amides is 3. The van der Waals surface area contributed by atoms with Crippen LogP contribution in [0.4, 0.5) is 13.6 Å². The molecule has 3 aliphatic carbocycles. The van der Waals surface area contributed by atoms with Crippen LogP contribution < -0.4 is 10.6 Å². The van der Waals surface area contributed by atoms with Crippen LogP contribution in [0, 0.1) is 34.9 Å². The quantitative estimate of drug-likeness (QED) is 0.515. The van der Waals surface area contributed by atoms with E-state index in [0.29, 0.717) is 10.0 Å². The van der Waals surface area contributed by atoms with Gasteiger partial charge in [-0.1, -0.05) is 22.0 Å². The fourth-order valence-corrected chi connectivity index (χ4v) is 7.50. The highest BCUT2D eigenvalue weighted by Crippen LogP contribution is 2.74. The van der Waals surface area contributed by atoms with Gasteiger partial charge in [0, 0.05) is 23.1 Å². The van der Waals surface area contributed by atoms with Gasteiger partial charge in [-0.2, -0.15) is 0 Å². The van der Waals surface area contributed by atoms with Gasteiger partial charge in [-0.3, -0.25) is 9.59 Å². The van der Waals surface area contributed by atoms with E-state index in [1.165, 1.54) is 11.0 Å². The maximum atomic E-state index is 15.1. The number of carbonyl (C=O) groups is 3. The minimum atomic E-state index is -1.43. The monoisotopic (exact) mass is 595 g/mol. The number of piperidine rings is 1. The predicted molar refractivity (Wildman–Crippen MR) is 140 cm³/mol. The minimum absolute atomic E-state index is 0.0298. The third kappa shape index (κ3) is 5.17. The van der Waals surface area contributed by atoms with Crippen molar-refractivity contribution in [1.82, 2.24) is 15.5 Å². The third-order valence-corrected chi connectivity index (χ3v) is 9.43. The first kappa shape index (κ1) is 27.3. The molecule has 10 heteroatoms. The number of benzene rings is 1. The lowest BCUT2D eigenvalue weighted by atomic mass is 9.78. The first-order chi connectivity index (χ1) is 17.9. The van der Waals surface area contributed by atoms with E-state index in [4.69, 9.17) is 4.74 Å². The Bertz CT molecular complexity index is 1120. The molecule has 1 spiro atoms. The van der Waals surface area contributed by atoms with E-state index in [-0.39, 0.29) is 55.1 Å². The lowest BCUT2D eigenvalue weighted by molar-refractivity contribution is -0.138. The number of hydrogen-bond acceptors (Lipinski definition) is 4. The topological polar surface area (TPSA) is 87.7 Å². The largest absolute Gasteiger partial charge is 0.444 e. The summed E-state index contributed by atoms with van der Waals surface area (Å²) in [5, 5.41) is 5.78. The number of rotatable bonds is 5. The zero-order chi connectivity index (χ0) is 27.4. The highest BCUT2D eigenvalue weighted by atomic mass is 79.9. The molecule has 6 atom stereocenters. The van der Waals surface area contributed by atoms with Gasteiger partial charge in [0.1, 0.15) is 17.6 Å². The van der Waals surface area contributed by atoms with Gasteiger partial charge in [-0.15, -0.1) is 0 Å². The molecular formula is C28H36BrF2N3O4. The summed E-state index contributed by atoms with van der Waals surface area (Å²) >= 11 is 3.24. The number of nitrogens with one attached hydrogen (secondary N) is 2. The van der Waals surface area contributed by atoms with E-state index in [2.05, 4.69) is 26.6 Å². The maximum absolute atomic E-state index is 15.1. The highest BCUT2D eigenvalue weighted by molar-refractivity contribution is 9.10. The van der Waals surface area contributed by atoms with Crippen LogP contribution in [0.5, 0.6) is 0 Å². The van der Waals surface area contributed by atoms with Gasteiger partial charge in [0.15, 0.2) is 0 Å². The van der Waals surface area contributed by atoms with Crippen LogP contribution in [0.2, 0.25) is 0 Å². The standard InChI is InChI=1S/C28H36BrF2N3O4/c1-27(2,3)38-26(37)34-11-8-21(20(31)14-34)33-25(36)23-18-7-6-17(28(18)9-10-28)22(23)24(35)32-13-15-4-5-16(29)12-19(15)30/h4-5,12,17-18,20-23H,6-11,13-14H2,1-3H3,(H,32,35)(H,33,36)/t17?,18-,20-,21-,22-,23-/m1/s1. The van der Waals surface area contributed by atoms with Crippen molar-refractivity contribution in [3.63, 3.8) is 0 Å². The van der Waals surface area contributed by atoms with Crippen LogP contribution in [0.1, 0.15) is 58.4 Å². The molecule has 3 saturated carbocycles. The second-order valence-electron chi connectivity index (χ2n) is 12.4. The summed E-state index contributed by atoms with van der Waals surface area (Å²) in [5.74, 6) is -1.73. The Morgan fingerprint density at radius 2 is 1.76 bits per heavy atom. The number of likely N-dealkylation sites (tertiary alicyclic amines) is 1. The Labute approximate surface area is 230 Å². The molecule has 2 bridgehead atoms. The van der Waals surface area contributed by atoms with Crippen molar-refractivity contribution in [3.8, 4) is 0 Å². The SMILES string of the molecule is CC(C)(C)OC(=O)N1CC[C@@H](NC(=O)[C@H]2[C@H](C(=O)NCc3ccc(Br)cc3F)C3CC[C@H]2C32CC2)[C@H](F)C1. The predicted octanol–water partition coefficient (Wildman–Crippen LogP) is 4.72. The van der Waals surface area contributed by atoms with E-state index < -0.39 is 41.6 Å². The molecule has 5 rings (SSSR count). The van der Waals surface area contributed by atoms with E-state index in [1.807, 2.05) is 0 Å². The van der Waals surface area contributed by atoms with Crippen molar-refractivity contribution in [3.05, 3.63) is 34.1 Å². The van der Waals surface area contributed by atoms with Gasteiger partial charge < -0.3 is 20.3 Å². The van der Waals surface area contributed by atoms with Crippen LogP contribution in [0.25, 0.3) is 0 Å². The van der Waals surface area contributed by atoms with E-state index in [9.17, 15) is 18.8 Å². The van der Waals surface area contributed by atoms with Crippen LogP contribution in [0.15, 0.2) is 22.7 Å². The van der Waals surface area contributed by atoms with E-state index in [1.54, 1.807) is 32.9 Å². The summed E-state index contributed by atoms with van der Waals surface area (Å²) in [4.78, 5) is 40.8. The smallest absolute Gasteiger partial charge is 0.410 e. The minimum Gasteiger partial charge on any atom is -0.444 e. The summed E-state index contributed by atoms with van der Waals surface area (Å²) in [6.45, 7) is 5.45. The zero-order valence-electron chi connectivity index (χ0n) is 22.1. The number of alkyl halides is 1. The Balaban J connectivity index is 1.24. The molecule has 3 amide bonds. The Hall–Kier alpha value is -2.23. The number of ether oxygens (including phenoxy) is 1. The number of halogens is 3. The van der Waals surface area contributed by atoms with Crippen LogP contribution in [0.3, 0.4) is 0 Å². The van der Waals surface area contributed by atoms with Gasteiger partial charge in [0.25, 0.3) is 0 Å². The molecule has 0 radical (unpaired) electrons. The molecule has 1 aromatic rings. The molecule has 0 aromatic heterocycles. The van der Waals surface area contributed by atoms with Crippen LogP contribution in [-0.4, -0.2) is 53.7 Å². The van der Waals surface area contributed by atoms with Crippen molar-refractivity contribution < 1.29 is 27.9 Å². The summed E-state index contributed by atoms with van der Waals surface area (Å²) in [6, 6.07) is 3.98. The fourth-order valence-electron chi connectivity index (χ4n) is 7.17. The zero-order valence-corrected chi connectivity index (χ0v) is 23.7. The molecule has 2 N–H and O–H groups in total. The molecule has 1 saturated heterocycles. The number of nitrogens with zero attached hydrogens (tertiary/aromatic N) is 1. The Morgan fingerprint density at radius 3 is 2.34 bits per heavy atom. The summed E-state index contributed by atoms with van der Waals surface area (Å²) in [5.41, 5.74) is -0.265. The van der Waals surface area contributed by atoms with Gasteiger partial charge in [-0.25, -0.2) is 13.6 Å². The highest BCUT2D eigenvalue weighted by Gasteiger charge is 2.71. The third-order valence-electron chi connectivity index (χ3n) is 8.94. The second-order valence-corrected chi connectivity index (χ2v) is 13.3.